The lowest BCUT2D eigenvalue weighted by molar-refractivity contribution is -0.953. The van der Waals surface area contributed by atoms with Crippen LogP contribution in [0.3, 0.4) is 0 Å². The molecule has 0 spiro atoms. The smallest absolute Gasteiger partial charge is 0.258 e. The molecule has 3 atom stereocenters. The number of rotatable bonds is 9. The molecule has 5 aromatic rings. The van der Waals surface area contributed by atoms with Gasteiger partial charge in [0.25, 0.3) is 5.56 Å². The SMILES string of the molecule is Cc1cccc2cc(C(c3nnnn3CC3CCCO3)[NH+](Cc3ccccc3)Cc3cccs3)c(=O)[nH]c12. The average Bonchev–Trinajstić information content (AvgIpc) is 3.71. The van der Waals surface area contributed by atoms with Gasteiger partial charge in [-0.3, -0.25) is 4.79 Å². The first-order valence-corrected chi connectivity index (χ1v) is 13.9. The number of aryl methyl sites for hydroxylation is 1. The lowest BCUT2D eigenvalue weighted by atomic mass is 10.0. The van der Waals surface area contributed by atoms with Crippen molar-refractivity contribution in [3.63, 3.8) is 0 Å². The van der Waals surface area contributed by atoms with Crippen LogP contribution in [0.25, 0.3) is 10.9 Å². The summed E-state index contributed by atoms with van der Waals surface area (Å²) in [6, 6.07) is 22.3. The molecule has 1 aliphatic rings. The summed E-state index contributed by atoms with van der Waals surface area (Å²) in [7, 11) is 0. The summed E-state index contributed by atoms with van der Waals surface area (Å²) in [5.74, 6) is 0.681. The van der Waals surface area contributed by atoms with Crippen molar-refractivity contribution in [2.75, 3.05) is 6.61 Å². The number of quaternary nitrogens is 1. The quantitative estimate of drug-likeness (QED) is 0.307. The number of nitrogens with zero attached hydrogens (tertiary/aromatic N) is 4. The summed E-state index contributed by atoms with van der Waals surface area (Å²) in [5, 5.41) is 16.1. The van der Waals surface area contributed by atoms with E-state index in [1.54, 1.807) is 11.3 Å². The average molecular weight is 528 g/mol. The van der Waals surface area contributed by atoms with E-state index in [0.29, 0.717) is 24.5 Å². The predicted octanol–water partition coefficient (Wildman–Crippen LogP) is 3.44. The van der Waals surface area contributed by atoms with Crippen molar-refractivity contribution in [1.29, 1.82) is 0 Å². The maximum Gasteiger partial charge on any atom is 0.258 e. The van der Waals surface area contributed by atoms with Crippen molar-refractivity contribution in [1.82, 2.24) is 25.2 Å². The number of fused-ring (bicyclic) bond motifs is 1. The number of thiophene rings is 1. The summed E-state index contributed by atoms with van der Waals surface area (Å²) in [6.45, 7) is 4.79. The van der Waals surface area contributed by atoms with Crippen LogP contribution in [-0.4, -0.2) is 37.9 Å². The Kier molecular flexibility index (Phi) is 7.13. The van der Waals surface area contributed by atoms with Crippen LogP contribution in [0.15, 0.2) is 76.9 Å². The van der Waals surface area contributed by atoms with E-state index < -0.39 is 0 Å². The number of nitrogens with one attached hydrogen (secondary N) is 2. The number of tetrazole rings is 1. The standard InChI is InChI=1S/C29H30N6O2S/c1-20-8-5-11-22-16-25(29(36)30-26(20)22)27(28-31-32-33-35(28)18-23-12-6-14-37-23)34(19-24-13-7-15-38-24)17-21-9-3-2-4-10-21/h2-5,7-11,13,15-16,23,27H,6,12,14,17-19H2,1H3,(H,30,36)/p+1. The molecule has 0 amide bonds. The molecule has 2 aromatic carbocycles. The van der Waals surface area contributed by atoms with E-state index in [0.717, 1.165) is 42.5 Å². The normalized spacial score (nSPS) is 17.1. The van der Waals surface area contributed by atoms with Crippen LogP contribution < -0.4 is 10.5 Å². The van der Waals surface area contributed by atoms with Gasteiger partial charge in [-0.1, -0.05) is 54.6 Å². The van der Waals surface area contributed by atoms with E-state index in [1.807, 2.05) is 41.9 Å². The van der Waals surface area contributed by atoms with Gasteiger partial charge < -0.3 is 14.6 Å². The molecule has 1 saturated heterocycles. The molecule has 3 unspecified atom stereocenters. The summed E-state index contributed by atoms with van der Waals surface area (Å²) in [4.78, 5) is 19.4. The maximum absolute atomic E-state index is 13.8. The third kappa shape index (κ3) is 5.18. The number of pyridine rings is 1. The molecule has 9 heteroatoms. The van der Waals surface area contributed by atoms with Crippen molar-refractivity contribution >= 4 is 22.2 Å². The highest BCUT2D eigenvalue weighted by Gasteiger charge is 2.35. The van der Waals surface area contributed by atoms with Crippen molar-refractivity contribution < 1.29 is 9.64 Å². The van der Waals surface area contributed by atoms with Gasteiger partial charge in [0, 0.05) is 12.2 Å². The minimum Gasteiger partial charge on any atom is -0.376 e. The van der Waals surface area contributed by atoms with Gasteiger partial charge in [-0.05, 0) is 58.7 Å². The summed E-state index contributed by atoms with van der Waals surface area (Å²) in [5.41, 5.74) is 3.64. The second-order valence-electron chi connectivity index (χ2n) is 9.96. The number of hydrogen-bond acceptors (Lipinski definition) is 6. The number of benzene rings is 2. The fourth-order valence-electron chi connectivity index (χ4n) is 5.45. The molecule has 6 rings (SSSR count). The number of H-pyrrole nitrogens is 1. The molecular weight excluding hydrogens is 496 g/mol. The molecule has 8 nitrogen and oxygen atoms in total. The first-order valence-electron chi connectivity index (χ1n) is 13.1. The lowest BCUT2D eigenvalue weighted by Crippen LogP contribution is -3.10. The fraction of sp³-hybridized carbons (Fsp3) is 0.310. The highest BCUT2D eigenvalue weighted by Crippen LogP contribution is 2.23. The summed E-state index contributed by atoms with van der Waals surface area (Å²) < 4.78 is 7.76. The van der Waals surface area contributed by atoms with Gasteiger partial charge in [0.2, 0.25) is 5.82 Å². The Hall–Kier alpha value is -3.66. The Bertz CT molecular complexity index is 1560. The van der Waals surface area contributed by atoms with Crippen LogP contribution in [0.1, 0.15) is 46.3 Å². The van der Waals surface area contributed by atoms with E-state index >= 15 is 0 Å². The minimum atomic E-state index is -0.387. The van der Waals surface area contributed by atoms with E-state index in [4.69, 9.17) is 4.74 Å². The molecule has 0 radical (unpaired) electrons. The van der Waals surface area contributed by atoms with Crippen LogP contribution >= 0.6 is 11.3 Å². The maximum atomic E-state index is 13.8. The molecular formula is C29H31N6O2S+. The Morgan fingerprint density at radius 3 is 2.82 bits per heavy atom. The predicted molar refractivity (Wildman–Crippen MR) is 147 cm³/mol. The number of hydrogen-bond donors (Lipinski definition) is 2. The number of ether oxygens (including phenoxy) is 1. The van der Waals surface area contributed by atoms with Crippen LogP contribution in [0.4, 0.5) is 0 Å². The fourth-order valence-corrected chi connectivity index (χ4v) is 6.21. The second kappa shape index (κ2) is 11.0. The highest BCUT2D eigenvalue weighted by atomic mass is 32.1. The molecule has 0 saturated carbocycles. The van der Waals surface area contributed by atoms with Crippen molar-refractivity contribution in [3.8, 4) is 0 Å². The zero-order valence-corrected chi connectivity index (χ0v) is 22.2. The second-order valence-corrected chi connectivity index (χ2v) is 11.0. The van der Waals surface area contributed by atoms with E-state index in [1.165, 1.54) is 15.3 Å². The first-order chi connectivity index (χ1) is 18.7. The van der Waals surface area contributed by atoms with Gasteiger partial charge >= 0.3 is 0 Å². The molecule has 38 heavy (non-hydrogen) atoms. The van der Waals surface area contributed by atoms with Gasteiger partial charge in [0.05, 0.1) is 28.6 Å². The van der Waals surface area contributed by atoms with Gasteiger partial charge in [-0.2, -0.15) is 0 Å². The van der Waals surface area contributed by atoms with Gasteiger partial charge in [0.15, 0.2) is 6.04 Å². The van der Waals surface area contributed by atoms with Gasteiger partial charge in [-0.25, -0.2) is 4.68 Å². The van der Waals surface area contributed by atoms with Crippen LogP contribution in [-0.2, 0) is 24.4 Å². The Morgan fingerprint density at radius 1 is 1.13 bits per heavy atom. The van der Waals surface area contributed by atoms with E-state index in [2.05, 4.69) is 62.3 Å². The van der Waals surface area contributed by atoms with Crippen LogP contribution in [0, 0.1) is 6.92 Å². The third-order valence-corrected chi connectivity index (χ3v) is 8.19. The molecule has 194 valence electrons. The molecule has 1 aliphatic heterocycles. The number of aromatic nitrogens is 5. The Labute approximate surface area is 224 Å². The topological polar surface area (TPSA) is 90.1 Å². The Balaban J connectivity index is 1.50. The highest BCUT2D eigenvalue weighted by molar-refractivity contribution is 7.09. The minimum absolute atomic E-state index is 0.0744. The molecule has 3 aromatic heterocycles. The molecule has 4 heterocycles. The summed E-state index contributed by atoms with van der Waals surface area (Å²) >= 11 is 1.73. The van der Waals surface area contributed by atoms with Gasteiger partial charge in [0.1, 0.15) is 13.1 Å². The van der Waals surface area contributed by atoms with Crippen LogP contribution in [0.2, 0.25) is 0 Å². The molecule has 0 aliphatic carbocycles. The number of aromatic amines is 1. The van der Waals surface area contributed by atoms with Crippen molar-refractivity contribution in [3.05, 3.63) is 110 Å². The third-order valence-electron chi connectivity index (χ3n) is 7.31. The zero-order valence-electron chi connectivity index (χ0n) is 21.3. The summed E-state index contributed by atoms with van der Waals surface area (Å²) in [6.07, 6.45) is 2.10. The monoisotopic (exact) mass is 527 g/mol. The zero-order chi connectivity index (χ0) is 25.9. The van der Waals surface area contributed by atoms with Crippen molar-refractivity contribution in [2.45, 2.75) is 51.5 Å². The largest absolute Gasteiger partial charge is 0.376 e. The molecule has 1 fully saturated rings. The molecule has 2 N–H and O–H groups in total. The first kappa shape index (κ1) is 24.7. The lowest BCUT2D eigenvalue weighted by Gasteiger charge is -2.28. The van der Waals surface area contributed by atoms with E-state index in [9.17, 15) is 4.79 Å². The van der Waals surface area contributed by atoms with Crippen LogP contribution in [0.5, 0.6) is 0 Å². The number of para-hydroxylation sites is 1. The van der Waals surface area contributed by atoms with E-state index in [-0.39, 0.29) is 17.7 Å². The van der Waals surface area contributed by atoms with Gasteiger partial charge in [-0.15, -0.1) is 16.4 Å². The molecule has 0 bridgehead atoms. The van der Waals surface area contributed by atoms with Crippen molar-refractivity contribution in [2.24, 2.45) is 0 Å². The Morgan fingerprint density at radius 2 is 2.03 bits per heavy atom.